The SMILES string of the molecule is CCCCOC(=O)c1c(OC)ncc(Br)c1OCCCC. The van der Waals surface area contributed by atoms with Crippen molar-refractivity contribution in [1.29, 1.82) is 0 Å². The lowest BCUT2D eigenvalue weighted by Crippen LogP contribution is -2.12. The fourth-order valence-electron chi connectivity index (χ4n) is 1.63. The molecule has 5 nitrogen and oxygen atoms in total. The van der Waals surface area contributed by atoms with E-state index in [-0.39, 0.29) is 11.4 Å². The Morgan fingerprint density at radius 3 is 2.52 bits per heavy atom. The monoisotopic (exact) mass is 359 g/mol. The van der Waals surface area contributed by atoms with Crippen LogP contribution in [0.15, 0.2) is 10.7 Å². The van der Waals surface area contributed by atoms with Crippen LogP contribution in [0.5, 0.6) is 11.6 Å². The average Bonchev–Trinajstić information content (AvgIpc) is 2.49. The number of nitrogens with zero attached hydrogens (tertiary/aromatic N) is 1. The number of unbranched alkanes of at least 4 members (excludes halogenated alkanes) is 2. The van der Waals surface area contributed by atoms with E-state index in [1.54, 1.807) is 6.20 Å². The van der Waals surface area contributed by atoms with Gasteiger partial charge in [-0.05, 0) is 28.8 Å². The van der Waals surface area contributed by atoms with Crippen molar-refractivity contribution in [2.75, 3.05) is 20.3 Å². The number of hydrogen-bond acceptors (Lipinski definition) is 5. The third-order valence-electron chi connectivity index (χ3n) is 2.83. The Labute approximate surface area is 134 Å². The number of rotatable bonds is 9. The van der Waals surface area contributed by atoms with Gasteiger partial charge in [-0.25, -0.2) is 9.78 Å². The molecule has 1 aromatic heterocycles. The second kappa shape index (κ2) is 9.60. The summed E-state index contributed by atoms with van der Waals surface area (Å²) in [6, 6.07) is 0. The van der Waals surface area contributed by atoms with Crippen LogP contribution < -0.4 is 9.47 Å². The molecule has 0 bridgehead atoms. The number of carbonyl (C=O) groups is 1. The number of carbonyl (C=O) groups excluding carboxylic acids is 1. The molecule has 21 heavy (non-hydrogen) atoms. The Hall–Kier alpha value is -1.30. The molecule has 6 heteroatoms. The van der Waals surface area contributed by atoms with Gasteiger partial charge in [0.15, 0.2) is 11.3 Å². The van der Waals surface area contributed by atoms with E-state index in [1.807, 2.05) is 6.92 Å². The largest absolute Gasteiger partial charge is 0.491 e. The van der Waals surface area contributed by atoms with Gasteiger partial charge in [-0.3, -0.25) is 0 Å². The minimum absolute atomic E-state index is 0.214. The topological polar surface area (TPSA) is 57.7 Å². The molecule has 0 saturated carbocycles. The van der Waals surface area contributed by atoms with Crippen LogP contribution in [-0.2, 0) is 4.74 Å². The maximum absolute atomic E-state index is 12.3. The van der Waals surface area contributed by atoms with E-state index in [4.69, 9.17) is 14.2 Å². The van der Waals surface area contributed by atoms with Gasteiger partial charge in [0.1, 0.15) is 0 Å². The number of hydrogen-bond donors (Lipinski definition) is 0. The van der Waals surface area contributed by atoms with Crippen LogP contribution in [0.3, 0.4) is 0 Å². The van der Waals surface area contributed by atoms with Crippen molar-refractivity contribution < 1.29 is 19.0 Å². The number of aromatic nitrogens is 1. The van der Waals surface area contributed by atoms with Crippen LogP contribution >= 0.6 is 15.9 Å². The highest BCUT2D eigenvalue weighted by molar-refractivity contribution is 9.10. The van der Waals surface area contributed by atoms with Crippen LogP contribution in [0.1, 0.15) is 49.9 Å². The summed E-state index contributed by atoms with van der Waals surface area (Å²) in [7, 11) is 1.47. The van der Waals surface area contributed by atoms with Gasteiger partial charge in [0.2, 0.25) is 5.88 Å². The van der Waals surface area contributed by atoms with E-state index in [0.29, 0.717) is 23.4 Å². The van der Waals surface area contributed by atoms with Crippen molar-refractivity contribution in [2.45, 2.75) is 39.5 Å². The van der Waals surface area contributed by atoms with Gasteiger partial charge < -0.3 is 14.2 Å². The molecule has 0 radical (unpaired) electrons. The lowest BCUT2D eigenvalue weighted by molar-refractivity contribution is 0.0490. The van der Waals surface area contributed by atoms with E-state index in [1.165, 1.54) is 7.11 Å². The first-order valence-electron chi connectivity index (χ1n) is 7.18. The summed E-state index contributed by atoms with van der Waals surface area (Å²) in [6.45, 7) is 5.01. The lowest BCUT2D eigenvalue weighted by Gasteiger charge is -2.14. The van der Waals surface area contributed by atoms with Gasteiger partial charge in [0.25, 0.3) is 0 Å². The number of methoxy groups -OCH3 is 1. The lowest BCUT2D eigenvalue weighted by atomic mass is 10.2. The van der Waals surface area contributed by atoms with Gasteiger partial charge in [0.05, 0.1) is 24.8 Å². The second-order valence-electron chi connectivity index (χ2n) is 4.51. The summed E-state index contributed by atoms with van der Waals surface area (Å²) in [5.74, 6) is 0.170. The highest BCUT2D eigenvalue weighted by Crippen LogP contribution is 2.34. The zero-order valence-corrected chi connectivity index (χ0v) is 14.4. The molecule has 0 unspecified atom stereocenters. The van der Waals surface area contributed by atoms with Crippen LogP contribution in [-0.4, -0.2) is 31.3 Å². The zero-order valence-electron chi connectivity index (χ0n) is 12.8. The van der Waals surface area contributed by atoms with Crippen LogP contribution in [0.4, 0.5) is 0 Å². The Balaban J connectivity index is 3.00. The van der Waals surface area contributed by atoms with Gasteiger partial charge in [-0.15, -0.1) is 0 Å². The molecule has 0 atom stereocenters. The first kappa shape index (κ1) is 17.8. The van der Waals surface area contributed by atoms with E-state index in [2.05, 4.69) is 27.8 Å². The molecule has 0 aliphatic carbocycles. The third-order valence-corrected chi connectivity index (χ3v) is 3.39. The summed E-state index contributed by atoms with van der Waals surface area (Å²) >= 11 is 3.36. The van der Waals surface area contributed by atoms with E-state index < -0.39 is 5.97 Å². The molecule has 0 saturated heterocycles. The maximum atomic E-state index is 12.3. The van der Waals surface area contributed by atoms with Gasteiger partial charge >= 0.3 is 5.97 Å². The summed E-state index contributed by atoms with van der Waals surface area (Å²) in [5, 5.41) is 0. The highest BCUT2D eigenvalue weighted by Gasteiger charge is 2.24. The number of pyridine rings is 1. The molecule has 1 rings (SSSR count). The molecule has 0 aliphatic rings. The van der Waals surface area contributed by atoms with Crippen molar-refractivity contribution in [1.82, 2.24) is 4.98 Å². The Morgan fingerprint density at radius 1 is 1.24 bits per heavy atom. The Morgan fingerprint density at radius 2 is 1.90 bits per heavy atom. The Kier molecular flexibility index (Phi) is 8.12. The number of ether oxygens (including phenoxy) is 3. The van der Waals surface area contributed by atoms with Gasteiger partial charge in [-0.2, -0.15) is 0 Å². The van der Waals surface area contributed by atoms with Gasteiger partial charge in [0, 0.05) is 6.20 Å². The smallest absolute Gasteiger partial charge is 0.347 e. The predicted octanol–water partition coefficient (Wildman–Crippen LogP) is 3.99. The summed E-state index contributed by atoms with van der Waals surface area (Å²) < 4.78 is 16.7. The average molecular weight is 360 g/mol. The first-order valence-corrected chi connectivity index (χ1v) is 7.97. The molecule has 118 valence electrons. The maximum Gasteiger partial charge on any atom is 0.347 e. The number of halogens is 1. The fourth-order valence-corrected chi connectivity index (χ4v) is 2.05. The minimum Gasteiger partial charge on any atom is -0.491 e. The van der Waals surface area contributed by atoms with Crippen molar-refractivity contribution >= 4 is 21.9 Å². The highest BCUT2D eigenvalue weighted by atomic mass is 79.9. The molecular formula is C15H22BrNO4. The summed E-state index contributed by atoms with van der Waals surface area (Å²) in [6.07, 6.45) is 5.25. The van der Waals surface area contributed by atoms with Crippen molar-refractivity contribution in [3.05, 3.63) is 16.2 Å². The molecule has 1 heterocycles. The quantitative estimate of drug-likeness (QED) is 0.492. The molecule has 1 aromatic rings. The molecule has 0 amide bonds. The summed E-state index contributed by atoms with van der Waals surface area (Å²) in [5.41, 5.74) is 0.235. The van der Waals surface area contributed by atoms with Crippen molar-refractivity contribution in [3.63, 3.8) is 0 Å². The van der Waals surface area contributed by atoms with E-state index in [9.17, 15) is 4.79 Å². The van der Waals surface area contributed by atoms with E-state index >= 15 is 0 Å². The zero-order chi connectivity index (χ0) is 15.7. The molecule has 0 N–H and O–H groups in total. The van der Waals surface area contributed by atoms with Crippen molar-refractivity contribution in [2.24, 2.45) is 0 Å². The normalized spacial score (nSPS) is 10.3. The molecular weight excluding hydrogens is 338 g/mol. The second-order valence-corrected chi connectivity index (χ2v) is 5.37. The third kappa shape index (κ3) is 5.19. The van der Waals surface area contributed by atoms with Crippen LogP contribution in [0.25, 0.3) is 0 Å². The molecule has 0 aliphatic heterocycles. The Bertz CT molecular complexity index is 465. The van der Waals surface area contributed by atoms with Crippen LogP contribution in [0.2, 0.25) is 0 Å². The van der Waals surface area contributed by atoms with Gasteiger partial charge in [-0.1, -0.05) is 26.7 Å². The molecule has 0 spiro atoms. The number of esters is 1. The minimum atomic E-state index is -0.472. The molecule has 0 aromatic carbocycles. The molecule has 0 fully saturated rings. The predicted molar refractivity (Wildman–Crippen MR) is 84.1 cm³/mol. The standard InChI is InChI=1S/C15H22BrNO4/c1-4-6-8-20-13-11(16)10-17-14(19-3)12(13)15(18)21-9-7-5-2/h10H,4-9H2,1-3H3. The van der Waals surface area contributed by atoms with E-state index in [0.717, 1.165) is 25.7 Å². The van der Waals surface area contributed by atoms with Crippen LogP contribution in [0, 0.1) is 0 Å². The fraction of sp³-hybridized carbons (Fsp3) is 0.600. The first-order chi connectivity index (χ1) is 10.2. The van der Waals surface area contributed by atoms with Crippen molar-refractivity contribution in [3.8, 4) is 11.6 Å². The summed E-state index contributed by atoms with van der Waals surface area (Å²) in [4.78, 5) is 16.3.